The summed E-state index contributed by atoms with van der Waals surface area (Å²) < 4.78 is 16.4. The average Bonchev–Trinajstić information content (AvgIpc) is 2.99. The number of hydrogen-bond donors (Lipinski definition) is 0. The van der Waals surface area contributed by atoms with Crippen LogP contribution in [0.3, 0.4) is 0 Å². The molecule has 2 atom stereocenters. The van der Waals surface area contributed by atoms with Gasteiger partial charge in [-0.25, -0.2) is 0 Å². The predicted molar refractivity (Wildman–Crippen MR) is 75.6 cm³/mol. The standard InChI is InChI=1S/C15H27NO4/c1-15(2,14(17)18-3)6-7-16-8-10-20-13(11-16)12-5-4-9-19-12/h12-13H,4-11H2,1-3H3/t12-,13+/m0/s1. The molecule has 20 heavy (non-hydrogen) atoms. The summed E-state index contributed by atoms with van der Waals surface area (Å²) in [6.07, 6.45) is 3.49. The SMILES string of the molecule is COC(=O)C(C)(C)CCN1CCO[C@@H]([C@@H]2CCCO2)C1. The van der Waals surface area contributed by atoms with Crippen molar-refractivity contribution in [1.29, 1.82) is 0 Å². The fourth-order valence-electron chi connectivity index (χ4n) is 2.87. The average molecular weight is 285 g/mol. The van der Waals surface area contributed by atoms with Gasteiger partial charge in [-0.2, -0.15) is 0 Å². The zero-order chi connectivity index (χ0) is 14.6. The Kier molecular flexibility index (Phi) is 5.41. The lowest BCUT2D eigenvalue weighted by Crippen LogP contribution is -2.48. The molecule has 2 rings (SSSR count). The van der Waals surface area contributed by atoms with Gasteiger partial charge in [0.25, 0.3) is 0 Å². The first-order valence-corrected chi connectivity index (χ1v) is 7.57. The highest BCUT2D eigenvalue weighted by molar-refractivity contribution is 5.75. The summed E-state index contributed by atoms with van der Waals surface area (Å²) in [7, 11) is 1.45. The normalized spacial score (nSPS) is 28.6. The van der Waals surface area contributed by atoms with Crippen LogP contribution >= 0.6 is 0 Å². The van der Waals surface area contributed by atoms with Gasteiger partial charge >= 0.3 is 5.97 Å². The zero-order valence-corrected chi connectivity index (χ0v) is 12.9. The van der Waals surface area contributed by atoms with E-state index < -0.39 is 5.41 Å². The molecule has 2 saturated heterocycles. The molecule has 116 valence electrons. The minimum Gasteiger partial charge on any atom is -0.469 e. The van der Waals surface area contributed by atoms with E-state index in [2.05, 4.69) is 4.90 Å². The molecule has 0 spiro atoms. The number of nitrogens with zero attached hydrogens (tertiary/aromatic N) is 1. The van der Waals surface area contributed by atoms with Crippen LogP contribution in [0.25, 0.3) is 0 Å². The maximum atomic E-state index is 11.7. The maximum absolute atomic E-state index is 11.7. The number of methoxy groups -OCH3 is 1. The van der Waals surface area contributed by atoms with Crippen LogP contribution in [0.4, 0.5) is 0 Å². The molecule has 0 unspecified atom stereocenters. The summed E-state index contributed by atoms with van der Waals surface area (Å²) in [5, 5.41) is 0. The van der Waals surface area contributed by atoms with Gasteiger partial charge in [-0.15, -0.1) is 0 Å². The second kappa shape index (κ2) is 6.87. The van der Waals surface area contributed by atoms with Crippen molar-refractivity contribution in [3.8, 4) is 0 Å². The molecule has 0 amide bonds. The summed E-state index contributed by atoms with van der Waals surface area (Å²) in [5.41, 5.74) is -0.424. The van der Waals surface area contributed by atoms with Crippen molar-refractivity contribution in [3.63, 3.8) is 0 Å². The molecule has 0 bridgehead atoms. The van der Waals surface area contributed by atoms with Gasteiger partial charge in [0, 0.05) is 19.7 Å². The Morgan fingerprint density at radius 2 is 2.05 bits per heavy atom. The lowest BCUT2D eigenvalue weighted by molar-refractivity contribution is -0.151. The Bertz CT molecular complexity index is 326. The predicted octanol–water partition coefficient (Wildman–Crippen LogP) is 1.46. The molecule has 0 aromatic carbocycles. The molecular formula is C15H27NO4. The first-order valence-electron chi connectivity index (χ1n) is 7.57. The van der Waals surface area contributed by atoms with Crippen LogP contribution in [0.15, 0.2) is 0 Å². The Morgan fingerprint density at radius 1 is 1.30 bits per heavy atom. The van der Waals surface area contributed by atoms with Crippen LogP contribution in [-0.4, -0.2) is 63.0 Å². The van der Waals surface area contributed by atoms with E-state index in [0.717, 1.165) is 52.1 Å². The van der Waals surface area contributed by atoms with Crippen molar-refractivity contribution in [1.82, 2.24) is 4.90 Å². The minimum absolute atomic E-state index is 0.138. The molecule has 2 heterocycles. The topological polar surface area (TPSA) is 48.0 Å². The van der Waals surface area contributed by atoms with Gasteiger partial charge in [0.2, 0.25) is 0 Å². The summed E-state index contributed by atoms with van der Waals surface area (Å²) in [6, 6.07) is 0. The Morgan fingerprint density at radius 3 is 2.70 bits per heavy atom. The molecule has 0 aromatic heterocycles. The maximum Gasteiger partial charge on any atom is 0.311 e. The molecule has 5 heteroatoms. The summed E-state index contributed by atoms with van der Waals surface area (Å²) in [6.45, 7) is 8.23. The molecular weight excluding hydrogens is 258 g/mol. The fraction of sp³-hybridized carbons (Fsp3) is 0.933. The Balaban J connectivity index is 1.79. The van der Waals surface area contributed by atoms with Crippen LogP contribution in [0.2, 0.25) is 0 Å². The van der Waals surface area contributed by atoms with E-state index in [0.29, 0.717) is 0 Å². The van der Waals surface area contributed by atoms with E-state index in [-0.39, 0.29) is 18.2 Å². The van der Waals surface area contributed by atoms with E-state index in [4.69, 9.17) is 14.2 Å². The molecule has 2 aliphatic heterocycles. The second-order valence-corrected chi connectivity index (χ2v) is 6.39. The van der Waals surface area contributed by atoms with Crippen LogP contribution < -0.4 is 0 Å². The largest absolute Gasteiger partial charge is 0.469 e. The van der Waals surface area contributed by atoms with Gasteiger partial charge in [-0.05, 0) is 39.7 Å². The highest BCUT2D eigenvalue weighted by Gasteiger charge is 2.33. The number of ether oxygens (including phenoxy) is 3. The molecule has 0 radical (unpaired) electrons. The monoisotopic (exact) mass is 285 g/mol. The van der Waals surface area contributed by atoms with Crippen molar-refractivity contribution in [2.75, 3.05) is 40.0 Å². The van der Waals surface area contributed by atoms with Crippen molar-refractivity contribution in [3.05, 3.63) is 0 Å². The summed E-state index contributed by atoms with van der Waals surface area (Å²) >= 11 is 0. The van der Waals surface area contributed by atoms with Crippen LogP contribution in [0, 0.1) is 5.41 Å². The molecule has 0 aliphatic carbocycles. The Labute approximate surface area is 121 Å². The van der Waals surface area contributed by atoms with Crippen LogP contribution in [-0.2, 0) is 19.0 Å². The number of carbonyl (C=O) groups excluding carboxylic acids is 1. The van der Waals surface area contributed by atoms with E-state index >= 15 is 0 Å². The highest BCUT2D eigenvalue weighted by Crippen LogP contribution is 2.25. The molecule has 5 nitrogen and oxygen atoms in total. The number of hydrogen-bond acceptors (Lipinski definition) is 5. The van der Waals surface area contributed by atoms with Gasteiger partial charge in [0.15, 0.2) is 0 Å². The third-order valence-electron chi connectivity index (χ3n) is 4.35. The van der Waals surface area contributed by atoms with Gasteiger partial charge in [0.05, 0.1) is 31.3 Å². The first-order chi connectivity index (χ1) is 9.53. The third kappa shape index (κ3) is 3.93. The lowest BCUT2D eigenvalue weighted by Gasteiger charge is -2.36. The number of morpholine rings is 1. The number of carbonyl (C=O) groups is 1. The van der Waals surface area contributed by atoms with Gasteiger partial charge in [-0.3, -0.25) is 9.69 Å². The van der Waals surface area contributed by atoms with E-state index in [1.807, 2.05) is 13.8 Å². The van der Waals surface area contributed by atoms with E-state index in [9.17, 15) is 4.79 Å². The van der Waals surface area contributed by atoms with Crippen LogP contribution in [0.5, 0.6) is 0 Å². The molecule has 0 saturated carbocycles. The zero-order valence-electron chi connectivity index (χ0n) is 12.9. The van der Waals surface area contributed by atoms with E-state index in [1.165, 1.54) is 7.11 Å². The second-order valence-electron chi connectivity index (χ2n) is 6.39. The fourth-order valence-corrected chi connectivity index (χ4v) is 2.87. The molecule has 2 aliphatic rings. The summed E-state index contributed by atoms with van der Waals surface area (Å²) in [4.78, 5) is 14.1. The van der Waals surface area contributed by atoms with Crippen molar-refractivity contribution < 1.29 is 19.0 Å². The van der Waals surface area contributed by atoms with Crippen molar-refractivity contribution in [2.24, 2.45) is 5.41 Å². The Hall–Kier alpha value is -0.650. The van der Waals surface area contributed by atoms with E-state index in [1.54, 1.807) is 0 Å². The van der Waals surface area contributed by atoms with Gasteiger partial charge < -0.3 is 14.2 Å². The molecule has 0 N–H and O–H groups in total. The minimum atomic E-state index is -0.424. The van der Waals surface area contributed by atoms with Crippen molar-refractivity contribution in [2.45, 2.75) is 45.3 Å². The summed E-state index contributed by atoms with van der Waals surface area (Å²) in [5.74, 6) is -0.138. The number of esters is 1. The van der Waals surface area contributed by atoms with Crippen LogP contribution in [0.1, 0.15) is 33.1 Å². The smallest absolute Gasteiger partial charge is 0.311 e. The van der Waals surface area contributed by atoms with Gasteiger partial charge in [0.1, 0.15) is 0 Å². The molecule has 0 aromatic rings. The highest BCUT2D eigenvalue weighted by atomic mass is 16.5. The van der Waals surface area contributed by atoms with Crippen molar-refractivity contribution >= 4 is 5.97 Å². The molecule has 2 fully saturated rings. The lowest BCUT2D eigenvalue weighted by atomic mass is 9.89. The first kappa shape index (κ1) is 15.7. The third-order valence-corrected chi connectivity index (χ3v) is 4.35. The quantitative estimate of drug-likeness (QED) is 0.716. The van der Waals surface area contributed by atoms with Gasteiger partial charge in [-0.1, -0.05) is 0 Å². The number of rotatable bonds is 5.